The van der Waals surface area contributed by atoms with Gasteiger partial charge in [-0.15, -0.1) is 0 Å². The van der Waals surface area contributed by atoms with Gasteiger partial charge in [-0.25, -0.2) is 4.98 Å². The number of nitrogens with zero attached hydrogens (tertiary/aromatic N) is 3. The van der Waals surface area contributed by atoms with E-state index >= 15 is 0 Å². The average molecular weight is 289 g/mol. The van der Waals surface area contributed by atoms with Crippen LogP contribution in [0.3, 0.4) is 0 Å². The van der Waals surface area contributed by atoms with Crippen molar-refractivity contribution in [3.05, 3.63) is 29.8 Å². The first kappa shape index (κ1) is 12.2. The average Bonchev–Trinajstić information content (AvgIpc) is 2.85. The topological polar surface area (TPSA) is 42.7 Å². The zero-order chi connectivity index (χ0) is 13.7. The molecular formula is C15H17ClN4. The molecule has 0 atom stereocenters. The minimum absolute atomic E-state index is 0.119. The third kappa shape index (κ3) is 1.61. The third-order valence-electron chi connectivity index (χ3n) is 4.71. The van der Waals surface area contributed by atoms with Crippen molar-refractivity contribution in [2.75, 3.05) is 6.54 Å². The Morgan fingerprint density at radius 1 is 1.30 bits per heavy atom. The summed E-state index contributed by atoms with van der Waals surface area (Å²) in [5.41, 5.74) is 3.17. The fourth-order valence-electron chi connectivity index (χ4n) is 3.72. The fourth-order valence-corrected chi connectivity index (χ4v) is 3.85. The summed E-state index contributed by atoms with van der Waals surface area (Å²) in [6.45, 7) is 5.07. The van der Waals surface area contributed by atoms with Crippen LogP contribution in [-0.4, -0.2) is 21.1 Å². The number of nitrogens with one attached hydrogen (secondary N) is 1. The number of fused-ring (bicyclic) bond motifs is 4. The largest absolute Gasteiger partial charge is 0.381 e. The third-order valence-corrected chi connectivity index (χ3v) is 4.89. The maximum Gasteiger partial charge on any atom is 0.224 e. The highest BCUT2D eigenvalue weighted by Crippen LogP contribution is 2.42. The predicted molar refractivity (Wildman–Crippen MR) is 80.6 cm³/mol. The molecule has 1 aliphatic heterocycles. The van der Waals surface area contributed by atoms with Crippen LogP contribution < -0.4 is 5.32 Å². The van der Waals surface area contributed by atoms with Gasteiger partial charge in [0.1, 0.15) is 5.65 Å². The van der Waals surface area contributed by atoms with Gasteiger partial charge < -0.3 is 9.88 Å². The predicted octanol–water partition coefficient (Wildman–Crippen LogP) is 3.32. The van der Waals surface area contributed by atoms with E-state index in [4.69, 9.17) is 11.6 Å². The Labute approximate surface area is 122 Å². The molecular weight excluding hydrogens is 272 g/mol. The van der Waals surface area contributed by atoms with Crippen LogP contribution in [0.1, 0.15) is 37.8 Å². The van der Waals surface area contributed by atoms with Crippen molar-refractivity contribution in [3.63, 3.8) is 0 Å². The molecule has 2 aliphatic rings. The van der Waals surface area contributed by atoms with E-state index in [9.17, 15) is 0 Å². The Morgan fingerprint density at radius 3 is 2.90 bits per heavy atom. The summed E-state index contributed by atoms with van der Waals surface area (Å²) >= 11 is 6.01. The lowest BCUT2D eigenvalue weighted by Crippen LogP contribution is -2.48. The first-order chi connectivity index (χ1) is 9.70. The summed E-state index contributed by atoms with van der Waals surface area (Å²) in [7, 11) is 0. The van der Waals surface area contributed by atoms with E-state index < -0.39 is 0 Å². The zero-order valence-corrected chi connectivity index (χ0v) is 12.1. The van der Waals surface area contributed by atoms with Crippen LogP contribution in [-0.2, 0) is 5.54 Å². The molecule has 5 heteroatoms. The van der Waals surface area contributed by atoms with Gasteiger partial charge in [0, 0.05) is 18.1 Å². The van der Waals surface area contributed by atoms with Gasteiger partial charge in [0.05, 0.1) is 16.9 Å². The van der Waals surface area contributed by atoms with E-state index in [1.54, 1.807) is 6.20 Å². The minimum atomic E-state index is 0.119. The standard InChI is InChI=1S/C15H17ClN4/c1-10-12-7-11-8-17-14(16)19-13(11)20(12)15(9-18-10)5-3-2-4-6-15/h7-8,18H,1-6,9H2. The Morgan fingerprint density at radius 2 is 2.10 bits per heavy atom. The second kappa shape index (κ2) is 4.22. The van der Waals surface area contributed by atoms with Gasteiger partial charge in [-0.3, -0.25) is 0 Å². The van der Waals surface area contributed by atoms with Crippen LogP contribution in [0.4, 0.5) is 0 Å². The monoisotopic (exact) mass is 288 g/mol. The van der Waals surface area contributed by atoms with E-state index in [0.717, 1.165) is 29.0 Å². The van der Waals surface area contributed by atoms with Gasteiger partial charge in [-0.1, -0.05) is 25.8 Å². The zero-order valence-electron chi connectivity index (χ0n) is 11.3. The number of rotatable bonds is 0. The van der Waals surface area contributed by atoms with Crippen LogP contribution in [0.25, 0.3) is 16.7 Å². The molecule has 1 saturated carbocycles. The summed E-state index contributed by atoms with van der Waals surface area (Å²) in [5, 5.41) is 4.83. The molecule has 0 bridgehead atoms. The van der Waals surface area contributed by atoms with Crippen LogP contribution in [0.5, 0.6) is 0 Å². The van der Waals surface area contributed by atoms with E-state index in [2.05, 4.69) is 32.5 Å². The normalized spacial score (nSPS) is 20.9. The smallest absolute Gasteiger partial charge is 0.224 e. The number of hydrogen-bond donors (Lipinski definition) is 1. The summed E-state index contributed by atoms with van der Waals surface area (Å²) in [4.78, 5) is 8.58. The second-order valence-corrected chi connectivity index (χ2v) is 6.24. The van der Waals surface area contributed by atoms with Crippen molar-refractivity contribution in [1.82, 2.24) is 19.9 Å². The number of hydrogen-bond acceptors (Lipinski definition) is 3. The Hall–Kier alpha value is -1.55. The number of halogens is 1. The molecule has 104 valence electrons. The minimum Gasteiger partial charge on any atom is -0.381 e. The van der Waals surface area contributed by atoms with Crippen LogP contribution >= 0.6 is 11.6 Å². The van der Waals surface area contributed by atoms with Crippen molar-refractivity contribution < 1.29 is 0 Å². The highest BCUT2D eigenvalue weighted by molar-refractivity contribution is 6.28. The SMILES string of the molecule is C=C1NCC2(CCCCC2)n2c1cc1cnc(Cl)nc12. The molecule has 0 aromatic carbocycles. The first-order valence-electron chi connectivity index (χ1n) is 7.17. The van der Waals surface area contributed by atoms with E-state index in [0.29, 0.717) is 5.28 Å². The maximum absolute atomic E-state index is 6.01. The molecule has 4 rings (SSSR count). The van der Waals surface area contributed by atoms with Crippen LogP contribution in [0.15, 0.2) is 18.8 Å². The molecule has 1 spiro atoms. The lowest BCUT2D eigenvalue weighted by atomic mass is 9.80. The summed E-state index contributed by atoms with van der Waals surface area (Å²) in [6, 6.07) is 2.12. The molecule has 1 fully saturated rings. The molecule has 0 amide bonds. The molecule has 4 nitrogen and oxygen atoms in total. The van der Waals surface area contributed by atoms with Crippen LogP contribution in [0.2, 0.25) is 5.28 Å². The summed E-state index contributed by atoms with van der Waals surface area (Å²) < 4.78 is 2.37. The molecule has 0 saturated heterocycles. The van der Waals surface area contributed by atoms with Crippen molar-refractivity contribution in [2.24, 2.45) is 0 Å². The first-order valence-corrected chi connectivity index (χ1v) is 7.55. The molecule has 1 aliphatic carbocycles. The molecule has 2 aromatic rings. The maximum atomic E-state index is 6.01. The van der Waals surface area contributed by atoms with Gasteiger partial charge in [0.25, 0.3) is 0 Å². The van der Waals surface area contributed by atoms with E-state index in [1.807, 2.05) is 0 Å². The highest BCUT2D eigenvalue weighted by atomic mass is 35.5. The molecule has 20 heavy (non-hydrogen) atoms. The molecule has 0 unspecified atom stereocenters. The van der Waals surface area contributed by atoms with Gasteiger partial charge in [0.2, 0.25) is 5.28 Å². The van der Waals surface area contributed by atoms with Crippen molar-refractivity contribution in [3.8, 4) is 0 Å². The fraction of sp³-hybridized carbons (Fsp3) is 0.467. The second-order valence-electron chi connectivity index (χ2n) is 5.90. The summed E-state index contributed by atoms with van der Waals surface area (Å²) in [6.07, 6.45) is 8.04. The van der Waals surface area contributed by atoms with E-state index in [1.165, 1.54) is 32.1 Å². The van der Waals surface area contributed by atoms with Gasteiger partial charge in [0.15, 0.2) is 0 Å². The summed E-state index contributed by atoms with van der Waals surface area (Å²) in [5.74, 6) is 0. The van der Waals surface area contributed by atoms with Gasteiger partial charge in [-0.2, -0.15) is 4.98 Å². The van der Waals surface area contributed by atoms with Crippen molar-refractivity contribution >= 4 is 28.3 Å². The molecule has 3 heterocycles. The quantitative estimate of drug-likeness (QED) is 0.756. The van der Waals surface area contributed by atoms with Gasteiger partial charge in [-0.05, 0) is 30.5 Å². The van der Waals surface area contributed by atoms with Crippen molar-refractivity contribution in [2.45, 2.75) is 37.6 Å². The Bertz CT molecular complexity index is 697. The van der Waals surface area contributed by atoms with E-state index in [-0.39, 0.29) is 5.54 Å². The van der Waals surface area contributed by atoms with Crippen molar-refractivity contribution in [1.29, 1.82) is 0 Å². The molecule has 0 radical (unpaired) electrons. The Balaban J connectivity index is 2.01. The van der Waals surface area contributed by atoms with Crippen LogP contribution in [0, 0.1) is 0 Å². The molecule has 2 aromatic heterocycles. The molecule has 1 N–H and O–H groups in total. The Kier molecular flexibility index (Phi) is 2.58. The van der Waals surface area contributed by atoms with Gasteiger partial charge >= 0.3 is 0 Å². The highest BCUT2D eigenvalue weighted by Gasteiger charge is 2.39. The number of aromatic nitrogens is 3. The lowest BCUT2D eigenvalue weighted by molar-refractivity contribution is 0.189. The lowest BCUT2D eigenvalue weighted by Gasteiger charge is -2.44.